The number of benzene rings is 3. The van der Waals surface area contributed by atoms with Gasteiger partial charge in [-0.05, 0) is 61.7 Å². The van der Waals surface area contributed by atoms with Crippen molar-refractivity contribution in [2.75, 3.05) is 14.2 Å². The number of carbonyl (C=O) groups excluding carboxylic acids is 4. The minimum Gasteiger partial charge on any atom is -0.504 e. The van der Waals surface area contributed by atoms with Gasteiger partial charge in [-0.25, -0.2) is 9.59 Å². The number of amides is 3. The molecule has 3 aromatic carbocycles. The van der Waals surface area contributed by atoms with Gasteiger partial charge in [0.05, 0.1) is 14.2 Å². The van der Waals surface area contributed by atoms with Crippen molar-refractivity contribution in [2.24, 2.45) is 0 Å². The van der Waals surface area contributed by atoms with Crippen molar-refractivity contribution in [3.05, 3.63) is 83.4 Å². The highest BCUT2D eigenvalue weighted by atomic mass is 16.6. The topological polar surface area (TPSA) is 162 Å². The lowest BCUT2D eigenvalue weighted by molar-refractivity contribution is -0.145. The number of alkyl carbamates (subject to hydrolysis) is 1. The van der Waals surface area contributed by atoms with Crippen molar-refractivity contribution < 1.29 is 43.2 Å². The van der Waals surface area contributed by atoms with Crippen LogP contribution in [0.15, 0.2) is 66.7 Å². The number of carbonyl (C=O) groups is 4. The highest BCUT2D eigenvalue weighted by Gasteiger charge is 2.33. The molecule has 3 amide bonds. The number of hydrogen-bond acceptors (Lipinski definition) is 9. The Hall–Kier alpha value is -5.26. The van der Waals surface area contributed by atoms with E-state index in [-0.39, 0.29) is 29.2 Å². The van der Waals surface area contributed by atoms with Crippen LogP contribution in [-0.2, 0) is 30.3 Å². The summed E-state index contributed by atoms with van der Waals surface area (Å²) in [4.78, 5) is 53.3. The minimum absolute atomic E-state index is 0.00457. The van der Waals surface area contributed by atoms with Gasteiger partial charge in [-0.15, -0.1) is 0 Å². The molecule has 4 bridgehead atoms. The van der Waals surface area contributed by atoms with Crippen molar-refractivity contribution in [3.63, 3.8) is 0 Å². The summed E-state index contributed by atoms with van der Waals surface area (Å²) in [6.45, 7) is 5.09. The van der Waals surface area contributed by atoms with E-state index in [0.29, 0.717) is 16.9 Å². The lowest BCUT2D eigenvalue weighted by Gasteiger charge is -2.27. The summed E-state index contributed by atoms with van der Waals surface area (Å²) in [7, 11) is 2.50. The van der Waals surface area contributed by atoms with Gasteiger partial charge in [0.2, 0.25) is 17.6 Å². The Labute approximate surface area is 254 Å². The van der Waals surface area contributed by atoms with Crippen molar-refractivity contribution in [3.8, 4) is 23.0 Å². The smallest absolute Gasteiger partial charge is 0.408 e. The summed E-state index contributed by atoms with van der Waals surface area (Å²) in [5.41, 5.74) is 0.379. The lowest BCUT2D eigenvalue weighted by atomic mass is 10.0. The number of methoxy groups -OCH3 is 2. The number of aromatic hydroxyl groups is 1. The Morgan fingerprint density at radius 1 is 0.932 bits per heavy atom. The summed E-state index contributed by atoms with van der Waals surface area (Å²) in [6, 6.07) is 13.9. The second kappa shape index (κ2) is 13.4. The van der Waals surface area contributed by atoms with Crippen LogP contribution in [0.5, 0.6) is 23.0 Å². The van der Waals surface area contributed by atoms with Crippen LogP contribution in [0.4, 0.5) is 4.79 Å². The monoisotopic (exact) mass is 605 g/mol. The summed E-state index contributed by atoms with van der Waals surface area (Å²) < 4.78 is 21.7. The van der Waals surface area contributed by atoms with Crippen LogP contribution in [-0.4, -0.2) is 54.8 Å². The zero-order valence-electron chi connectivity index (χ0n) is 25.0. The number of phenols is 1. The fraction of sp³-hybridized carbons (Fsp3) is 0.312. The molecule has 0 saturated heterocycles. The molecule has 2 aliphatic heterocycles. The molecule has 0 aromatic heterocycles. The third kappa shape index (κ3) is 7.77. The van der Waals surface area contributed by atoms with Gasteiger partial charge in [0, 0.05) is 6.42 Å². The van der Waals surface area contributed by atoms with E-state index in [2.05, 4.69) is 16.0 Å². The average molecular weight is 606 g/mol. The number of phenolic OH excluding ortho intramolecular Hbond substituents is 1. The predicted molar refractivity (Wildman–Crippen MR) is 158 cm³/mol. The first-order valence-electron chi connectivity index (χ1n) is 13.8. The molecule has 0 radical (unpaired) electrons. The molecule has 12 nitrogen and oxygen atoms in total. The molecule has 5 rings (SSSR count). The number of ether oxygens (including phenoxy) is 4. The Morgan fingerprint density at radius 3 is 2.23 bits per heavy atom. The maximum atomic E-state index is 13.8. The Morgan fingerprint density at radius 2 is 1.61 bits per heavy atom. The SMILES string of the molecule is COC(=O)[C@H]1NC(=O)[C@H](c2ccccc2)NC(=O)[C@H](NC(=O)OC(C)(C)C)Cc2ccc(cc2)Oc2cc1cc(O)c2OC. The largest absolute Gasteiger partial charge is 0.504 e. The predicted octanol–water partition coefficient (Wildman–Crippen LogP) is 3.83. The van der Waals surface area contributed by atoms with E-state index >= 15 is 0 Å². The molecule has 3 aromatic rings. The standard InChI is InChI=1S/C32H35N3O9/c1-32(2,3)44-31(40)33-22-15-18-11-13-21(14-12-18)43-24-17-20(16-23(36)27(24)41-4)26(30(39)42-5)35-29(38)25(34-28(22)37)19-9-7-6-8-10-19/h6-14,16-17,22,25-26,36H,15H2,1-5H3,(H,33,40)(H,34,37)(H,35,38)/t22-,25+,26+/m1/s1. The van der Waals surface area contributed by atoms with Crippen LogP contribution in [0.2, 0.25) is 0 Å². The quantitative estimate of drug-likeness (QED) is 0.324. The van der Waals surface area contributed by atoms with Crippen molar-refractivity contribution >= 4 is 23.9 Å². The van der Waals surface area contributed by atoms with E-state index < -0.39 is 47.6 Å². The van der Waals surface area contributed by atoms with Gasteiger partial charge in [-0.3, -0.25) is 9.59 Å². The van der Waals surface area contributed by atoms with E-state index in [4.69, 9.17) is 18.9 Å². The molecule has 0 fully saturated rings. The normalized spacial score (nSPS) is 18.7. The summed E-state index contributed by atoms with van der Waals surface area (Å²) >= 11 is 0. The fourth-order valence-electron chi connectivity index (χ4n) is 4.58. The molecular formula is C32H35N3O9. The molecule has 0 spiro atoms. The van der Waals surface area contributed by atoms with Gasteiger partial charge in [0.15, 0.2) is 17.5 Å². The maximum absolute atomic E-state index is 13.8. The van der Waals surface area contributed by atoms with Crippen LogP contribution < -0.4 is 25.4 Å². The number of nitrogens with one attached hydrogen (secondary N) is 3. The Kier molecular flexibility index (Phi) is 9.62. The molecule has 2 heterocycles. The van der Waals surface area contributed by atoms with Gasteiger partial charge in [0.1, 0.15) is 23.4 Å². The zero-order valence-corrected chi connectivity index (χ0v) is 25.0. The van der Waals surface area contributed by atoms with Crippen molar-refractivity contribution in [1.82, 2.24) is 16.0 Å². The zero-order chi connectivity index (χ0) is 32.0. The van der Waals surface area contributed by atoms with E-state index in [0.717, 1.165) is 7.11 Å². The molecule has 4 N–H and O–H groups in total. The van der Waals surface area contributed by atoms with Crippen LogP contribution in [0, 0.1) is 0 Å². The van der Waals surface area contributed by atoms with E-state index in [1.165, 1.54) is 19.2 Å². The number of esters is 1. The van der Waals surface area contributed by atoms with Crippen LogP contribution in [0.3, 0.4) is 0 Å². The average Bonchev–Trinajstić information content (AvgIpc) is 2.97. The lowest BCUT2D eigenvalue weighted by Crippen LogP contribution is -2.52. The number of rotatable bonds is 4. The molecular weight excluding hydrogens is 570 g/mol. The summed E-state index contributed by atoms with van der Waals surface area (Å²) in [5, 5.41) is 18.7. The van der Waals surface area contributed by atoms with E-state index in [1.807, 2.05) is 0 Å². The first-order valence-corrected chi connectivity index (χ1v) is 13.8. The number of hydrogen-bond donors (Lipinski definition) is 4. The maximum Gasteiger partial charge on any atom is 0.408 e. The highest BCUT2D eigenvalue weighted by molar-refractivity contribution is 5.94. The van der Waals surface area contributed by atoms with Crippen molar-refractivity contribution in [2.45, 2.75) is 50.9 Å². The van der Waals surface area contributed by atoms with E-state index in [9.17, 15) is 24.3 Å². The van der Waals surface area contributed by atoms with Crippen LogP contribution >= 0.6 is 0 Å². The highest BCUT2D eigenvalue weighted by Crippen LogP contribution is 2.41. The van der Waals surface area contributed by atoms with E-state index in [1.54, 1.807) is 75.4 Å². The molecule has 3 atom stereocenters. The van der Waals surface area contributed by atoms with Gasteiger partial charge < -0.3 is 40.0 Å². The first kappa shape index (κ1) is 31.7. The van der Waals surface area contributed by atoms with Gasteiger partial charge in [-0.1, -0.05) is 42.5 Å². The first-order chi connectivity index (χ1) is 20.9. The Bertz CT molecular complexity index is 1520. The molecule has 0 saturated carbocycles. The second-order valence-electron chi connectivity index (χ2n) is 11.0. The molecule has 0 aliphatic carbocycles. The third-order valence-corrected chi connectivity index (χ3v) is 6.60. The summed E-state index contributed by atoms with van der Waals surface area (Å²) in [6.07, 6.45) is -0.775. The van der Waals surface area contributed by atoms with Crippen molar-refractivity contribution in [1.29, 1.82) is 0 Å². The molecule has 0 unspecified atom stereocenters. The molecule has 2 aliphatic rings. The van der Waals surface area contributed by atoms with Crippen LogP contribution in [0.1, 0.15) is 49.5 Å². The third-order valence-electron chi connectivity index (χ3n) is 6.60. The molecule has 12 heteroatoms. The minimum atomic E-state index is -1.42. The summed E-state index contributed by atoms with van der Waals surface area (Å²) in [5.74, 6) is -2.20. The number of fused-ring (bicyclic) bond motifs is 9. The van der Waals surface area contributed by atoms with Gasteiger partial charge >= 0.3 is 12.1 Å². The fourth-order valence-corrected chi connectivity index (χ4v) is 4.58. The second-order valence-corrected chi connectivity index (χ2v) is 11.0. The molecule has 44 heavy (non-hydrogen) atoms. The van der Waals surface area contributed by atoms with Gasteiger partial charge in [-0.2, -0.15) is 0 Å². The molecule has 232 valence electrons. The van der Waals surface area contributed by atoms with Crippen LogP contribution in [0.25, 0.3) is 0 Å². The Balaban J connectivity index is 1.84. The van der Waals surface area contributed by atoms with Gasteiger partial charge in [0.25, 0.3) is 0 Å².